The summed E-state index contributed by atoms with van der Waals surface area (Å²) in [4.78, 5) is 0. The van der Waals surface area contributed by atoms with Gasteiger partial charge in [-0.15, -0.1) is 0 Å². The molecule has 0 nitrogen and oxygen atoms in total. The molecule has 2 aromatic rings. The Bertz CT molecular complexity index is 1130. The predicted octanol–water partition coefficient (Wildman–Crippen LogP) is 7.79. The molecular formula is C29H28. The second-order valence-corrected chi connectivity index (χ2v) is 9.60. The van der Waals surface area contributed by atoms with E-state index in [1.165, 1.54) is 54.4 Å². The van der Waals surface area contributed by atoms with Crippen molar-refractivity contribution in [3.63, 3.8) is 0 Å². The van der Waals surface area contributed by atoms with Gasteiger partial charge < -0.3 is 0 Å². The van der Waals surface area contributed by atoms with Crippen molar-refractivity contribution in [2.45, 2.75) is 51.4 Å². The third-order valence-electron chi connectivity index (χ3n) is 7.67. The van der Waals surface area contributed by atoms with Gasteiger partial charge in [0.2, 0.25) is 0 Å². The number of hydrogen-bond acceptors (Lipinski definition) is 0. The molecule has 0 radical (unpaired) electrons. The molecule has 0 saturated heterocycles. The van der Waals surface area contributed by atoms with E-state index >= 15 is 0 Å². The fourth-order valence-corrected chi connectivity index (χ4v) is 6.31. The van der Waals surface area contributed by atoms with Gasteiger partial charge in [0.25, 0.3) is 0 Å². The molecule has 0 spiro atoms. The highest BCUT2D eigenvalue weighted by Crippen LogP contribution is 2.57. The van der Waals surface area contributed by atoms with Gasteiger partial charge in [0, 0.05) is 5.41 Å². The van der Waals surface area contributed by atoms with Crippen LogP contribution in [0.25, 0.3) is 16.7 Å². The van der Waals surface area contributed by atoms with Gasteiger partial charge in [0.15, 0.2) is 0 Å². The first-order valence-corrected chi connectivity index (χ1v) is 11.2. The Kier molecular flexibility index (Phi) is 3.69. The first-order valence-electron chi connectivity index (χ1n) is 11.2. The molecule has 4 aliphatic carbocycles. The first kappa shape index (κ1) is 17.3. The number of allylic oxidation sites excluding steroid dienone is 8. The Morgan fingerprint density at radius 1 is 0.862 bits per heavy atom. The average Bonchev–Trinajstić information content (AvgIpc) is 3.00. The van der Waals surface area contributed by atoms with Crippen molar-refractivity contribution in [3.05, 3.63) is 100 Å². The fraction of sp³-hybridized carbons (Fsp3) is 0.310. The monoisotopic (exact) mass is 376 g/mol. The van der Waals surface area contributed by atoms with Crippen LogP contribution >= 0.6 is 0 Å². The zero-order valence-corrected chi connectivity index (χ0v) is 17.5. The van der Waals surface area contributed by atoms with Gasteiger partial charge in [-0.2, -0.15) is 0 Å². The molecule has 0 heteroatoms. The highest BCUT2D eigenvalue weighted by atomic mass is 14.5. The number of hydrogen-bond donors (Lipinski definition) is 0. The zero-order chi connectivity index (χ0) is 19.6. The van der Waals surface area contributed by atoms with Crippen molar-refractivity contribution < 1.29 is 0 Å². The van der Waals surface area contributed by atoms with E-state index in [1.807, 2.05) is 0 Å². The summed E-state index contributed by atoms with van der Waals surface area (Å²) in [5.74, 6) is 0.709. The summed E-state index contributed by atoms with van der Waals surface area (Å²) in [7, 11) is 0. The fourth-order valence-electron chi connectivity index (χ4n) is 6.31. The van der Waals surface area contributed by atoms with E-state index in [0.29, 0.717) is 5.92 Å². The van der Waals surface area contributed by atoms with Crippen LogP contribution in [-0.2, 0) is 5.41 Å². The molecule has 0 aliphatic heterocycles. The van der Waals surface area contributed by atoms with Crippen molar-refractivity contribution in [1.82, 2.24) is 0 Å². The largest absolute Gasteiger partial charge is 0.0839 e. The topological polar surface area (TPSA) is 0 Å². The summed E-state index contributed by atoms with van der Waals surface area (Å²) in [6, 6.07) is 17.9. The van der Waals surface area contributed by atoms with Gasteiger partial charge in [-0.1, -0.05) is 80.6 Å². The van der Waals surface area contributed by atoms with Crippen molar-refractivity contribution in [2.24, 2.45) is 5.92 Å². The molecular weight excluding hydrogens is 348 g/mol. The van der Waals surface area contributed by atoms with Crippen LogP contribution < -0.4 is 0 Å². The quantitative estimate of drug-likeness (QED) is 0.476. The maximum absolute atomic E-state index is 2.62. The molecule has 0 saturated carbocycles. The van der Waals surface area contributed by atoms with Crippen LogP contribution in [0.15, 0.2) is 89.1 Å². The summed E-state index contributed by atoms with van der Waals surface area (Å²) in [5.41, 5.74) is 14.0. The SMILES string of the molecule is CC1(C)C2=C(CC3CCC4=C(CCC=C4)C3=C2)c2cccc(-c3ccccc3)c21. The van der Waals surface area contributed by atoms with Crippen LogP contribution in [0.5, 0.6) is 0 Å². The Morgan fingerprint density at radius 2 is 1.69 bits per heavy atom. The maximum atomic E-state index is 2.62. The molecule has 0 aromatic heterocycles. The van der Waals surface area contributed by atoms with Crippen LogP contribution in [0.4, 0.5) is 0 Å². The van der Waals surface area contributed by atoms with E-state index in [9.17, 15) is 0 Å². The second-order valence-electron chi connectivity index (χ2n) is 9.60. The van der Waals surface area contributed by atoms with Crippen molar-refractivity contribution >= 4 is 5.57 Å². The predicted molar refractivity (Wildman–Crippen MR) is 123 cm³/mol. The Balaban J connectivity index is 1.53. The molecule has 2 aromatic carbocycles. The average molecular weight is 377 g/mol. The van der Waals surface area contributed by atoms with E-state index < -0.39 is 0 Å². The summed E-state index contributed by atoms with van der Waals surface area (Å²) in [5, 5.41) is 0. The minimum absolute atomic E-state index is 0.0533. The second kappa shape index (κ2) is 6.20. The standard InChI is InChI=1S/C29H28/c1-29(2)27-18-25-21(16-15-20-11-6-7-12-22(20)25)17-26(27)24-14-8-13-23(28(24)29)19-9-4-3-5-10-19/h3-6,8-11,13-14,18,21H,7,12,15-17H2,1-2H3. The molecule has 6 rings (SSSR count). The zero-order valence-electron chi connectivity index (χ0n) is 17.5. The van der Waals surface area contributed by atoms with Gasteiger partial charge in [0.05, 0.1) is 0 Å². The molecule has 144 valence electrons. The van der Waals surface area contributed by atoms with E-state index in [-0.39, 0.29) is 5.41 Å². The van der Waals surface area contributed by atoms with Gasteiger partial charge >= 0.3 is 0 Å². The van der Waals surface area contributed by atoms with E-state index in [0.717, 1.165) is 0 Å². The van der Waals surface area contributed by atoms with Crippen molar-refractivity contribution in [1.29, 1.82) is 0 Å². The number of rotatable bonds is 1. The maximum Gasteiger partial charge on any atom is 0.0161 e. The van der Waals surface area contributed by atoms with Gasteiger partial charge in [-0.3, -0.25) is 0 Å². The van der Waals surface area contributed by atoms with Crippen LogP contribution in [0.3, 0.4) is 0 Å². The molecule has 0 N–H and O–H groups in total. The lowest BCUT2D eigenvalue weighted by atomic mass is 9.68. The van der Waals surface area contributed by atoms with Crippen LogP contribution in [-0.4, -0.2) is 0 Å². The third kappa shape index (κ3) is 2.45. The Hall–Kier alpha value is -2.60. The van der Waals surface area contributed by atoms with E-state index in [2.05, 4.69) is 80.6 Å². The van der Waals surface area contributed by atoms with Crippen LogP contribution in [0.2, 0.25) is 0 Å². The molecule has 4 aliphatic rings. The highest BCUT2D eigenvalue weighted by molar-refractivity contribution is 5.89. The molecule has 1 unspecified atom stereocenters. The van der Waals surface area contributed by atoms with E-state index in [4.69, 9.17) is 0 Å². The Morgan fingerprint density at radius 3 is 2.55 bits per heavy atom. The molecule has 0 heterocycles. The summed E-state index contributed by atoms with van der Waals surface area (Å²) < 4.78 is 0. The Labute approximate surface area is 174 Å². The van der Waals surface area contributed by atoms with Crippen LogP contribution in [0.1, 0.15) is 57.1 Å². The summed E-state index contributed by atoms with van der Waals surface area (Å²) in [6.07, 6.45) is 13.6. The molecule has 0 amide bonds. The van der Waals surface area contributed by atoms with Crippen LogP contribution in [0, 0.1) is 5.92 Å². The lowest BCUT2D eigenvalue weighted by molar-refractivity contribution is 0.536. The molecule has 1 atom stereocenters. The van der Waals surface area contributed by atoms with Gasteiger partial charge in [-0.05, 0) is 88.1 Å². The smallest absolute Gasteiger partial charge is 0.0161 e. The minimum Gasteiger partial charge on any atom is -0.0839 e. The number of fused-ring (bicyclic) bond motifs is 4. The minimum atomic E-state index is 0.0533. The van der Waals surface area contributed by atoms with E-state index in [1.54, 1.807) is 27.9 Å². The highest BCUT2D eigenvalue weighted by Gasteiger charge is 2.42. The molecule has 0 fully saturated rings. The third-order valence-corrected chi connectivity index (χ3v) is 7.67. The van der Waals surface area contributed by atoms with Crippen molar-refractivity contribution in [3.8, 4) is 11.1 Å². The first-order chi connectivity index (χ1) is 14.1. The lowest BCUT2D eigenvalue weighted by Crippen LogP contribution is -2.22. The lowest BCUT2D eigenvalue weighted by Gasteiger charge is -2.36. The molecule has 0 bridgehead atoms. The van der Waals surface area contributed by atoms with Gasteiger partial charge in [0.1, 0.15) is 0 Å². The number of benzene rings is 2. The normalized spacial score (nSPS) is 23.9. The molecule has 29 heavy (non-hydrogen) atoms. The van der Waals surface area contributed by atoms with Gasteiger partial charge in [-0.25, -0.2) is 0 Å². The van der Waals surface area contributed by atoms with Crippen molar-refractivity contribution in [2.75, 3.05) is 0 Å². The summed E-state index contributed by atoms with van der Waals surface area (Å²) >= 11 is 0. The summed E-state index contributed by atoms with van der Waals surface area (Å²) in [6.45, 7) is 4.88.